The summed E-state index contributed by atoms with van der Waals surface area (Å²) in [6, 6.07) is 0. The molecular weight excluding hydrogens is 240 g/mol. The van der Waals surface area contributed by atoms with E-state index in [1.807, 2.05) is 27.7 Å². The van der Waals surface area contributed by atoms with Crippen LogP contribution in [0.5, 0.6) is 5.88 Å². The quantitative estimate of drug-likeness (QED) is 0.815. The molecule has 96 valence electrons. The fourth-order valence-corrected chi connectivity index (χ4v) is 1.37. The molecule has 1 aromatic rings. The van der Waals surface area contributed by atoms with E-state index in [9.17, 15) is 0 Å². The first-order chi connectivity index (χ1) is 7.85. The highest BCUT2D eigenvalue weighted by molar-refractivity contribution is 6.30. The molecule has 0 spiro atoms. The third-order valence-electron chi connectivity index (χ3n) is 2.73. The Morgan fingerprint density at radius 1 is 1.18 bits per heavy atom. The van der Waals surface area contributed by atoms with Gasteiger partial charge < -0.3 is 9.47 Å². The van der Waals surface area contributed by atoms with E-state index in [1.54, 1.807) is 7.11 Å². The minimum absolute atomic E-state index is 0.209. The summed E-state index contributed by atoms with van der Waals surface area (Å²) in [7, 11) is 1.68. The number of ether oxygens (including phenoxy) is 2. The van der Waals surface area contributed by atoms with E-state index in [0.717, 1.165) is 17.8 Å². The second kappa shape index (κ2) is 5.65. The van der Waals surface area contributed by atoms with Gasteiger partial charge in [0.2, 0.25) is 0 Å². The van der Waals surface area contributed by atoms with Crippen molar-refractivity contribution in [3.05, 3.63) is 16.5 Å². The van der Waals surface area contributed by atoms with Gasteiger partial charge in [-0.05, 0) is 27.7 Å². The first-order valence-corrected chi connectivity index (χ1v) is 5.92. The number of hydrogen-bond acceptors (Lipinski definition) is 4. The van der Waals surface area contributed by atoms with Crippen LogP contribution in [0, 0.1) is 13.8 Å². The molecule has 0 aliphatic rings. The summed E-state index contributed by atoms with van der Waals surface area (Å²) >= 11 is 5.96. The highest BCUT2D eigenvalue weighted by atomic mass is 35.5. The van der Waals surface area contributed by atoms with Crippen molar-refractivity contribution in [2.45, 2.75) is 39.7 Å². The first-order valence-electron chi connectivity index (χ1n) is 5.54. The number of hydrogen-bond donors (Lipinski definition) is 0. The highest BCUT2D eigenvalue weighted by Gasteiger charge is 2.17. The van der Waals surface area contributed by atoms with Gasteiger partial charge in [-0.2, -0.15) is 0 Å². The Morgan fingerprint density at radius 3 is 2.35 bits per heavy atom. The van der Waals surface area contributed by atoms with Gasteiger partial charge in [0.15, 0.2) is 5.15 Å². The summed E-state index contributed by atoms with van der Waals surface area (Å²) in [5.74, 6) is 0.390. The lowest BCUT2D eigenvalue weighted by Gasteiger charge is -2.22. The molecule has 17 heavy (non-hydrogen) atoms. The van der Waals surface area contributed by atoms with Crippen LogP contribution in [-0.4, -0.2) is 29.3 Å². The summed E-state index contributed by atoms with van der Waals surface area (Å²) in [5.41, 5.74) is 1.44. The van der Waals surface area contributed by atoms with E-state index in [2.05, 4.69) is 9.97 Å². The predicted octanol–water partition coefficient (Wildman–Crippen LogP) is 2.94. The maximum absolute atomic E-state index is 5.96. The molecule has 0 amide bonds. The molecule has 0 fully saturated rings. The number of aromatic nitrogens is 2. The molecule has 1 heterocycles. The molecule has 4 nitrogen and oxygen atoms in total. The summed E-state index contributed by atoms with van der Waals surface area (Å²) in [6.07, 6.45) is 0.758. The monoisotopic (exact) mass is 258 g/mol. The minimum atomic E-state index is -0.209. The van der Waals surface area contributed by atoms with Crippen molar-refractivity contribution >= 4 is 11.6 Å². The van der Waals surface area contributed by atoms with Crippen molar-refractivity contribution in [1.29, 1.82) is 0 Å². The number of aryl methyl sites for hydroxylation is 2. The maximum Gasteiger partial charge on any atom is 0.252 e. The van der Waals surface area contributed by atoms with Gasteiger partial charge in [-0.15, -0.1) is 0 Å². The largest absolute Gasteiger partial charge is 0.475 e. The normalized spacial score (nSPS) is 11.6. The van der Waals surface area contributed by atoms with Crippen molar-refractivity contribution < 1.29 is 9.47 Å². The fourth-order valence-electron chi connectivity index (χ4n) is 1.14. The van der Waals surface area contributed by atoms with Crippen LogP contribution in [0.3, 0.4) is 0 Å². The van der Waals surface area contributed by atoms with Crippen LogP contribution in [0.25, 0.3) is 0 Å². The Hall–Kier alpha value is -0.870. The zero-order chi connectivity index (χ0) is 13.1. The molecule has 0 N–H and O–H groups in total. The van der Waals surface area contributed by atoms with E-state index < -0.39 is 0 Å². The van der Waals surface area contributed by atoms with Crippen LogP contribution in [0.4, 0.5) is 0 Å². The topological polar surface area (TPSA) is 44.2 Å². The molecule has 0 saturated heterocycles. The highest BCUT2D eigenvalue weighted by Crippen LogP contribution is 2.22. The molecular formula is C12H19ClN2O2. The van der Waals surface area contributed by atoms with Crippen LogP contribution in [0.1, 0.15) is 31.7 Å². The third kappa shape index (κ3) is 4.13. The van der Waals surface area contributed by atoms with Crippen LogP contribution in [-0.2, 0) is 4.74 Å². The van der Waals surface area contributed by atoms with Gasteiger partial charge in [0, 0.05) is 13.5 Å². The van der Waals surface area contributed by atoms with Gasteiger partial charge in [0.1, 0.15) is 0 Å². The molecule has 5 heteroatoms. The fraction of sp³-hybridized carbons (Fsp3) is 0.667. The Kier molecular flexibility index (Phi) is 4.71. The van der Waals surface area contributed by atoms with Crippen molar-refractivity contribution in [3.8, 4) is 5.88 Å². The molecule has 0 unspecified atom stereocenters. The zero-order valence-corrected chi connectivity index (χ0v) is 11.8. The predicted molar refractivity (Wildman–Crippen MR) is 67.7 cm³/mol. The zero-order valence-electron chi connectivity index (χ0n) is 11.0. The number of nitrogens with zero attached hydrogens (tertiary/aromatic N) is 2. The Labute approximate surface area is 107 Å². The smallest absolute Gasteiger partial charge is 0.252 e. The second-order valence-corrected chi connectivity index (χ2v) is 4.91. The van der Waals surface area contributed by atoms with E-state index in [-0.39, 0.29) is 5.60 Å². The molecule has 0 radical (unpaired) electrons. The molecule has 0 aliphatic carbocycles. The first kappa shape index (κ1) is 14.2. The lowest BCUT2D eigenvalue weighted by molar-refractivity contribution is 0.00504. The molecule has 1 rings (SSSR count). The van der Waals surface area contributed by atoms with Crippen LogP contribution in [0.2, 0.25) is 5.15 Å². The molecule has 1 aromatic heterocycles. The van der Waals surface area contributed by atoms with Gasteiger partial charge >= 0.3 is 0 Å². The van der Waals surface area contributed by atoms with Crippen LogP contribution < -0.4 is 4.74 Å². The van der Waals surface area contributed by atoms with E-state index >= 15 is 0 Å². The van der Waals surface area contributed by atoms with Crippen molar-refractivity contribution in [2.24, 2.45) is 0 Å². The molecule has 0 aromatic carbocycles. The average Bonchev–Trinajstić information content (AvgIpc) is 2.25. The second-order valence-electron chi connectivity index (χ2n) is 4.55. The standard InChI is InChI=1S/C12H19ClN2O2/c1-8-9(2)15-11(10(13)14-8)17-7-6-12(3,4)16-5/h6-7H2,1-5H3. The van der Waals surface area contributed by atoms with Gasteiger partial charge in [-0.25, -0.2) is 9.97 Å². The van der Waals surface area contributed by atoms with Crippen LogP contribution >= 0.6 is 11.6 Å². The van der Waals surface area contributed by atoms with Gasteiger partial charge in [-0.3, -0.25) is 0 Å². The lowest BCUT2D eigenvalue weighted by Crippen LogP contribution is -2.25. The summed E-state index contributed by atoms with van der Waals surface area (Å²) in [5, 5.41) is 0.309. The van der Waals surface area contributed by atoms with Crippen LogP contribution in [0.15, 0.2) is 0 Å². The minimum Gasteiger partial charge on any atom is -0.475 e. The van der Waals surface area contributed by atoms with E-state index in [1.165, 1.54) is 0 Å². The molecule has 0 aliphatic heterocycles. The van der Waals surface area contributed by atoms with Crippen molar-refractivity contribution in [3.63, 3.8) is 0 Å². The number of halogens is 1. The molecule has 0 atom stereocenters. The number of methoxy groups -OCH3 is 1. The summed E-state index contributed by atoms with van der Waals surface area (Å²) in [6.45, 7) is 8.25. The van der Waals surface area contributed by atoms with Crippen molar-refractivity contribution in [1.82, 2.24) is 9.97 Å². The lowest BCUT2D eigenvalue weighted by atomic mass is 10.1. The van der Waals surface area contributed by atoms with Gasteiger partial charge in [0.05, 0.1) is 23.6 Å². The Balaban J connectivity index is 2.61. The molecule has 0 saturated carbocycles. The Bertz CT molecular complexity index is 394. The summed E-state index contributed by atoms with van der Waals surface area (Å²) < 4.78 is 10.8. The maximum atomic E-state index is 5.96. The van der Waals surface area contributed by atoms with Crippen molar-refractivity contribution in [2.75, 3.05) is 13.7 Å². The Morgan fingerprint density at radius 2 is 1.76 bits per heavy atom. The SMILES string of the molecule is COC(C)(C)CCOc1nc(C)c(C)nc1Cl. The van der Waals surface area contributed by atoms with E-state index in [0.29, 0.717) is 17.6 Å². The molecule has 0 bridgehead atoms. The number of rotatable bonds is 5. The average molecular weight is 259 g/mol. The van der Waals surface area contributed by atoms with Gasteiger partial charge in [0.25, 0.3) is 5.88 Å². The summed E-state index contributed by atoms with van der Waals surface area (Å²) in [4.78, 5) is 8.42. The van der Waals surface area contributed by atoms with E-state index in [4.69, 9.17) is 21.1 Å². The van der Waals surface area contributed by atoms with Gasteiger partial charge in [-0.1, -0.05) is 11.6 Å². The third-order valence-corrected chi connectivity index (χ3v) is 2.98.